The minimum absolute atomic E-state index is 0.494. The van der Waals surface area contributed by atoms with E-state index in [-0.39, 0.29) is 0 Å². The van der Waals surface area contributed by atoms with E-state index in [1.54, 1.807) is 20.3 Å². The van der Waals surface area contributed by atoms with Gasteiger partial charge < -0.3 is 19.5 Å². The number of rotatable bonds is 6. The molecule has 1 N–H and O–H groups in total. The van der Waals surface area contributed by atoms with Crippen LogP contribution < -0.4 is 14.8 Å². The number of hydrogen-bond acceptors (Lipinski definition) is 6. The summed E-state index contributed by atoms with van der Waals surface area (Å²) in [6.45, 7) is 2.57. The van der Waals surface area contributed by atoms with Gasteiger partial charge in [-0.05, 0) is 18.8 Å². The Bertz CT molecular complexity index is 359. The Hall–Kier alpha value is -1.56. The molecular formula is C12H19N3O3. The van der Waals surface area contributed by atoms with Gasteiger partial charge in [0.15, 0.2) is 0 Å². The van der Waals surface area contributed by atoms with Crippen molar-refractivity contribution in [2.45, 2.75) is 12.8 Å². The largest absolute Gasteiger partial charge is 0.481 e. The van der Waals surface area contributed by atoms with E-state index in [9.17, 15) is 0 Å². The number of nitrogens with one attached hydrogen (secondary N) is 1. The molecule has 1 aromatic heterocycles. The number of methoxy groups -OCH3 is 2. The predicted molar refractivity (Wildman–Crippen MR) is 67.2 cm³/mol. The molecule has 100 valence electrons. The molecule has 1 aromatic rings. The van der Waals surface area contributed by atoms with E-state index in [1.807, 2.05) is 0 Å². The molecule has 1 atom stereocenters. The van der Waals surface area contributed by atoms with E-state index in [2.05, 4.69) is 15.3 Å². The van der Waals surface area contributed by atoms with Gasteiger partial charge in [0, 0.05) is 19.8 Å². The van der Waals surface area contributed by atoms with Crippen molar-refractivity contribution in [1.82, 2.24) is 9.97 Å². The topological polar surface area (TPSA) is 65.5 Å². The lowest BCUT2D eigenvalue weighted by Gasteiger charge is -2.10. The number of aromatic nitrogens is 2. The van der Waals surface area contributed by atoms with Crippen LogP contribution in [0.15, 0.2) is 6.07 Å². The van der Waals surface area contributed by atoms with Crippen molar-refractivity contribution in [3.63, 3.8) is 0 Å². The maximum Gasteiger partial charge on any atom is 0.229 e. The first-order valence-electron chi connectivity index (χ1n) is 6.10. The van der Waals surface area contributed by atoms with Gasteiger partial charge in [-0.3, -0.25) is 0 Å². The first-order chi connectivity index (χ1) is 8.81. The van der Waals surface area contributed by atoms with E-state index < -0.39 is 0 Å². The number of ether oxygens (including phenoxy) is 3. The van der Waals surface area contributed by atoms with Gasteiger partial charge >= 0.3 is 0 Å². The predicted octanol–water partition coefficient (Wildman–Crippen LogP) is 1.33. The van der Waals surface area contributed by atoms with Crippen LogP contribution >= 0.6 is 0 Å². The van der Waals surface area contributed by atoms with Crippen molar-refractivity contribution in [1.29, 1.82) is 0 Å². The van der Waals surface area contributed by atoms with Crippen LogP contribution in [0.25, 0.3) is 0 Å². The summed E-state index contributed by atoms with van der Waals surface area (Å²) in [7, 11) is 3.14. The van der Waals surface area contributed by atoms with E-state index in [0.717, 1.165) is 32.6 Å². The molecule has 6 heteroatoms. The van der Waals surface area contributed by atoms with E-state index in [1.165, 1.54) is 0 Å². The zero-order valence-electron chi connectivity index (χ0n) is 10.8. The quantitative estimate of drug-likeness (QED) is 0.825. The maximum absolute atomic E-state index is 5.33. The highest BCUT2D eigenvalue weighted by atomic mass is 16.5. The van der Waals surface area contributed by atoms with Gasteiger partial charge in [0.2, 0.25) is 17.7 Å². The van der Waals surface area contributed by atoms with E-state index >= 15 is 0 Å². The second kappa shape index (κ2) is 6.39. The lowest BCUT2D eigenvalue weighted by Crippen LogP contribution is -2.11. The van der Waals surface area contributed by atoms with Crippen molar-refractivity contribution in [2.75, 3.05) is 39.3 Å². The normalized spacial score (nSPS) is 18.7. The van der Waals surface area contributed by atoms with Gasteiger partial charge in [-0.15, -0.1) is 0 Å². The van der Waals surface area contributed by atoms with Crippen molar-refractivity contribution in [3.8, 4) is 11.8 Å². The summed E-state index contributed by atoms with van der Waals surface area (Å²) in [6, 6.07) is 1.65. The van der Waals surface area contributed by atoms with Crippen LogP contribution in [0.2, 0.25) is 0 Å². The molecule has 0 amide bonds. The van der Waals surface area contributed by atoms with Crippen LogP contribution in [-0.4, -0.2) is 43.9 Å². The van der Waals surface area contributed by atoms with Gasteiger partial charge in [-0.1, -0.05) is 0 Å². The summed E-state index contributed by atoms with van der Waals surface area (Å²) in [5, 5.41) is 3.18. The number of hydrogen-bond donors (Lipinski definition) is 1. The molecular weight excluding hydrogens is 234 g/mol. The smallest absolute Gasteiger partial charge is 0.229 e. The molecule has 0 saturated carbocycles. The Morgan fingerprint density at radius 1 is 1.33 bits per heavy atom. The fourth-order valence-electron chi connectivity index (χ4n) is 1.89. The fourth-order valence-corrected chi connectivity index (χ4v) is 1.89. The van der Waals surface area contributed by atoms with Gasteiger partial charge in [0.25, 0.3) is 0 Å². The average molecular weight is 253 g/mol. The zero-order valence-corrected chi connectivity index (χ0v) is 10.8. The van der Waals surface area contributed by atoms with E-state index in [4.69, 9.17) is 14.2 Å². The van der Waals surface area contributed by atoms with Crippen molar-refractivity contribution in [2.24, 2.45) is 5.92 Å². The molecule has 6 nitrogen and oxygen atoms in total. The highest BCUT2D eigenvalue weighted by Crippen LogP contribution is 2.19. The lowest BCUT2D eigenvalue weighted by molar-refractivity contribution is 0.185. The second-order valence-corrected chi connectivity index (χ2v) is 4.22. The van der Waals surface area contributed by atoms with Crippen LogP contribution in [-0.2, 0) is 4.74 Å². The van der Waals surface area contributed by atoms with E-state index in [0.29, 0.717) is 23.6 Å². The van der Waals surface area contributed by atoms with Crippen LogP contribution in [0.1, 0.15) is 12.8 Å². The number of anilines is 1. The molecule has 1 fully saturated rings. The Balaban J connectivity index is 1.87. The molecule has 0 aliphatic carbocycles. The van der Waals surface area contributed by atoms with Crippen LogP contribution in [0, 0.1) is 5.92 Å². The third kappa shape index (κ3) is 3.46. The highest BCUT2D eigenvalue weighted by Gasteiger charge is 2.15. The molecule has 0 spiro atoms. The molecule has 1 saturated heterocycles. The average Bonchev–Trinajstić information content (AvgIpc) is 2.91. The van der Waals surface area contributed by atoms with Crippen molar-refractivity contribution >= 4 is 5.95 Å². The van der Waals surface area contributed by atoms with Gasteiger partial charge in [0.1, 0.15) is 0 Å². The molecule has 1 aliphatic rings. The van der Waals surface area contributed by atoms with Crippen molar-refractivity contribution < 1.29 is 14.2 Å². The van der Waals surface area contributed by atoms with Crippen LogP contribution in [0.4, 0.5) is 5.95 Å². The Labute approximate surface area is 107 Å². The first-order valence-corrected chi connectivity index (χ1v) is 6.10. The lowest BCUT2D eigenvalue weighted by atomic mass is 10.1. The van der Waals surface area contributed by atoms with Crippen LogP contribution in [0.5, 0.6) is 11.8 Å². The molecule has 18 heavy (non-hydrogen) atoms. The summed E-state index contributed by atoms with van der Waals surface area (Å²) in [5.41, 5.74) is 0. The Morgan fingerprint density at radius 2 is 2.06 bits per heavy atom. The second-order valence-electron chi connectivity index (χ2n) is 4.22. The molecule has 1 unspecified atom stereocenters. The summed E-state index contributed by atoms with van der Waals surface area (Å²) >= 11 is 0. The SMILES string of the molecule is COc1cc(OC)nc(NCCC2CCOC2)n1. The Kier molecular flexibility index (Phi) is 4.58. The Morgan fingerprint density at radius 3 is 2.61 bits per heavy atom. The highest BCUT2D eigenvalue weighted by molar-refractivity contribution is 5.33. The van der Waals surface area contributed by atoms with Crippen LogP contribution in [0.3, 0.4) is 0 Å². The zero-order chi connectivity index (χ0) is 12.8. The standard InChI is InChI=1S/C12H19N3O3/c1-16-10-7-11(17-2)15-12(14-10)13-5-3-9-4-6-18-8-9/h7,9H,3-6,8H2,1-2H3,(H,13,14,15). The summed E-state index contributed by atoms with van der Waals surface area (Å²) in [4.78, 5) is 8.42. The van der Waals surface area contributed by atoms with Gasteiger partial charge in [-0.25, -0.2) is 0 Å². The maximum atomic E-state index is 5.33. The number of nitrogens with zero attached hydrogens (tertiary/aromatic N) is 2. The summed E-state index contributed by atoms with van der Waals surface area (Å²) < 4.78 is 15.5. The molecule has 0 aromatic carbocycles. The molecule has 0 radical (unpaired) electrons. The molecule has 2 heterocycles. The minimum atomic E-state index is 0.494. The minimum Gasteiger partial charge on any atom is -0.481 e. The third-order valence-corrected chi connectivity index (χ3v) is 2.96. The third-order valence-electron chi connectivity index (χ3n) is 2.96. The van der Waals surface area contributed by atoms with Gasteiger partial charge in [0.05, 0.1) is 20.3 Å². The fraction of sp³-hybridized carbons (Fsp3) is 0.667. The van der Waals surface area contributed by atoms with Crippen molar-refractivity contribution in [3.05, 3.63) is 6.07 Å². The van der Waals surface area contributed by atoms with Gasteiger partial charge in [-0.2, -0.15) is 9.97 Å². The molecule has 2 rings (SSSR count). The first kappa shape index (κ1) is 12.9. The monoisotopic (exact) mass is 253 g/mol. The summed E-state index contributed by atoms with van der Waals surface area (Å²) in [5.74, 6) is 2.16. The molecule has 0 bridgehead atoms. The summed E-state index contributed by atoms with van der Waals surface area (Å²) in [6.07, 6.45) is 2.20. The molecule has 1 aliphatic heterocycles.